The number of thiophene rings is 2. The van der Waals surface area contributed by atoms with Crippen LogP contribution in [0.2, 0.25) is 0 Å². The molecule has 2 atom stereocenters. The average Bonchev–Trinajstić information content (AvgIpc) is 3.73. The van der Waals surface area contributed by atoms with E-state index in [0.29, 0.717) is 13.2 Å². The summed E-state index contributed by atoms with van der Waals surface area (Å²) in [7, 11) is 0. The molecule has 2 unspecified atom stereocenters. The summed E-state index contributed by atoms with van der Waals surface area (Å²) in [6.07, 6.45) is 2.96. The first-order valence-electron chi connectivity index (χ1n) is 20.4. The van der Waals surface area contributed by atoms with Gasteiger partial charge in [-0.2, -0.15) is 0 Å². The van der Waals surface area contributed by atoms with Gasteiger partial charge in [0.05, 0.1) is 25.4 Å². The van der Waals surface area contributed by atoms with Crippen molar-refractivity contribution in [2.24, 2.45) is 10.8 Å². The second-order valence-corrected chi connectivity index (χ2v) is 19.9. The highest BCUT2D eigenvalue weighted by molar-refractivity contribution is 7.12. The Balaban J connectivity index is 0.000000300. The predicted molar refractivity (Wildman–Crippen MR) is 237 cm³/mol. The van der Waals surface area contributed by atoms with E-state index in [-0.39, 0.29) is 34.9 Å². The molecule has 4 aromatic rings. The van der Waals surface area contributed by atoms with Gasteiger partial charge in [-0.25, -0.2) is 0 Å². The lowest BCUT2D eigenvalue weighted by molar-refractivity contribution is 0.0216. The Morgan fingerprint density at radius 2 is 0.839 bits per heavy atom. The molecule has 0 aliphatic rings. The molecule has 0 amide bonds. The lowest BCUT2D eigenvalue weighted by Gasteiger charge is -2.32. The maximum absolute atomic E-state index is 10.3. The Bertz CT molecular complexity index is 1700. The van der Waals surface area contributed by atoms with E-state index in [1.165, 1.54) is 32.0 Å². The molecular formula is C48H72O6S2. The minimum atomic E-state index is -0.511. The van der Waals surface area contributed by atoms with Crippen LogP contribution in [0.1, 0.15) is 148 Å². The molecule has 56 heavy (non-hydrogen) atoms. The lowest BCUT2D eigenvalue weighted by Crippen LogP contribution is -2.32. The minimum Gasteiger partial charge on any atom is -0.491 e. The SMILES string of the molecule is CCC(CC)(c1ccc(OCC(O)C(C)(C)C)c(C)c1)c1cc(C)c(CO)s1.CCC(CC)(c1ccc(OCC(O)C(C)(C)C)c(C)c1)c1cc(C)c(CO)s1. The highest BCUT2D eigenvalue weighted by Crippen LogP contribution is 2.46. The van der Waals surface area contributed by atoms with Crippen molar-refractivity contribution in [2.75, 3.05) is 13.2 Å². The van der Waals surface area contributed by atoms with Crippen molar-refractivity contribution in [3.05, 3.63) is 101 Å². The molecule has 0 aliphatic carbocycles. The van der Waals surface area contributed by atoms with E-state index in [1.54, 1.807) is 22.7 Å². The van der Waals surface area contributed by atoms with Gasteiger partial charge < -0.3 is 29.9 Å². The van der Waals surface area contributed by atoms with Gasteiger partial charge in [0.2, 0.25) is 0 Å². The van der Waals surface area contributed by atoms with E-state index in [9.17, 15) is 20.4 Å². The van der Waals surface area contributed by atoms with Gasteiger partial charge in [-0.05, 0) is 122 Å². The summed E-state index contributed by atoms with van der Waals surface area (Å²) in [5.41, 5.74) is 6.55. The summed E-state index contributed by atoms with van der Waals surface area (Å²) in [5, 5.41) is 39.8. The molecule has 312 valence electrons. The van der Waals surface area contributed by atoms with Crippen molar-refractivity contribution in [3.8, 4) is 11.5 Å². The van der Waals surface area contributed by atoms with Gasteiger partial charge in [-0.15, -0.1) is 22.7 Å². The fraction of sp³-hybridized carbons (Fsp3) is 0.583. The molecule has 2 heterocycles. The molecule has 6 nitrogen and oxygen atoms in total. The van der Waals surface area contributed by atoms with Crippen LogP contribution in [-0.2, 0) is 24.0 Å². The van der Waals surface area contributed by atoms with E-state index in [4.69, 9.17) is 9.47 Å². The second-order valence-electron chi connectivity index (χ2n) is 17.7. The standard InChI is InChI=1S/2C24H36O3S/c2*1-8-24(9-2,22-13-17(4)20(14-25)28-22)18-10-11-19(16(3)12-18)27-15-21(26)23(5,6)7/h2*10-13,21,25-26H,8-9,14-15H2,1-7H3. The summed E-state index contributed by atoms with van der Waals surface area (Å²) >= 11 is 3.45. The molecule has 0 saturated heterocycles. The van der Waals surface area contributed by atoms with Gasteiger partial charge in [0.15, 0.2) is 0 Å². The van der Waals surface area contributed by atoms with Crippen molar-refractivity contribution >= 4 is 22.7 Å². The van der Waals surface area contributed by atoms with Gasteiger partial charge >= 0.3 is 0 Å². The molecule has 4 rings (SSSR count). The number of rotatable bonds is 16. The van der Waals surface area contributed by atoms with E-state index in [2.05, 4.69) is 91.8 Å². The highest BCUT2D eigenvalue weighted by Gasteiger charge is 2.35. The third-order valence-corrected chi connectivity index (χ3v) is 14.8. The van der Waals surface area contributed by atoms with Crippen LogP contribution in [0.3, 0.4) is 0 Å². The molecule has 0 radical (unpaired) electrons. The smallest absolute Gasteiger partial charge is 0.122 e. The van der Waals surface area contributed by atoms with Gasteiger partial charge in [0, 0.05) is 30.3 Å². The number of aliphatic hydroxyl groups is 4. The van der Waals surface area contributed by atoms with Gasteiger partial charge in [0.25, 0.3) is 0 Å². The molecule has 4 N–H and O–H groups in total. The van der Waals surface area contributed by atoms with Crippen molar-refractivity contribution < 1.29 is 29.9 Å². The normalized spacial score (nSPS) is 13.6. The van der Waals surface area contributed by atoms with E-state index in [1.807, 2.05) is 53.7 Å². The molecular weight excluding hydrogens is 737 g/mol. The first-order chi connectivity index (χ1) is 26.2. The molecule has 0 fully saturated rings. The number of hydrogen-bond acceptors (Lipinski definition) is 8. The fourth-order valence-electron chi connectivity index (χ4n) is 7.18. The van der Waals surface area contributed by atoms with Crippen LogP contribution in [0.15, 0.2) is 48.5 Å². The summed E-state index contributed by atoms with van der Waals surface area (Å²) in [4.78, 5) is 4.73. The zero-order chi connectivity index (χ0) is 42.2. The van der Waals surface area contributed by atoms with Gasteiger partial charge in [-0.3, -0.25) is 0 Å². The maximum atomic E-state index is 10.3. The largest absolute Gasteiger partial charge is 0.491 e. The average molecular weight is 809 g/mol. The summed E-state index contributed by atoms with van der Waals surface area (Å²) < 4.78 is 11.9. The van der Waals surface area contributed by atoms with Crippen molar-refractivity contribution in [2.45, 2.75) is 159 Å². The molecule has 0 aliphatic heterocycles. The van der Waals surface area contributed by atoms with Crippen molar-refractivity contribution in [3.63, 3.8) is 0 Å². The van der Waals surface area contributed by atoms with Gasteiger partial charge in [0.1, 0.15) is 24.7 Å². The summed E-state index contributed by atoms with van der Waals surface area (Å²) in [6.45, 7) is 30.1. The molecule has 0 bridgehead atoms. The van der Waals surface area contributed by atoms with Crippen LogP contribution in [0.4, 0.5) is 0 Å². The van der Waals surface area contributed by atoms with Crippen LogP contribution < -0.4 is 9.47 Å². The van der Waals surface area contributed by atoms with Crippen LogP contribution in [0.5, 0.6) is 11.5 Å². The third kappa shape index (κ3) is 10.9. The summed E-state index contributed by atoms with van der Waals surface area (Å²) in [5.74, 6) is 1.65. The molecule has 0 spiro atoms. The molecule has 2 aromatic carbocycles. The zero-order valence-electron chi connectivity index (χ0n) is 36.9. The molecule has 0 saturated carbocycles. The number of benzene rings is 2. The van der Waals surface area contributed by atoms with E-state index >= 15 is 0 Å². The monoisotopic (exact) mass is 808 g/mol. The Hall–Kier alpha value is -2.72. The van der Waals surface area contributed by atoms with Crippen LogP contribution in [-0.4, -0.2) is 45.8 Å². The van der Waals surface area contributed by atoms with Crippen LogP contribution >= 0.6 is 22.7 Å². The second kappa shape index (κ2) is 19.8. The Morgan fingerprint density at radius 1 is 0.518 bits per heavy atom. The van der Waals surface area contributed by atoms with Crippen molar-refractivity contribution in [1.82, 2.24) is 0 Å². The van der Waals surface area contributed by atoms with E-state index < -0.39 is 12.2 Å². The Morgan fingerprint density at radius 3 is 1.07 bits per heavy atom. The first kappa shape index (κ1) is 47.7. The topological polar surface area (TPSA) is 99.4 Å². The maximum Gasteiger partial charge on any atom is 0.122 e. The lowest BCUT2D eigenvalue weighted by atomic mass is 9.74. The number of aliphatic hydroxyl groups excluding tert-OH is 4. The Kier molecular flexibility index (Phi) is 16.9. The molecule has 8 heteroatoms. The minimum absolute atomic E-state index is 0.0585. The van der Waals surface area contributed by atoms with E-state index in [0.717, 1.165) is 58.1 Å². The Labute approximate surface area is 347 Å². The zero-order valence-corrected chi connectivity index (χ0v) is 38.5. The van der Waals surface area contributed by atoms with Crippen molar-refractivity contribution in [1.29, 1.82) is 0 Å². The highest BCUT2D eigenvalue weighted by atomic mass is 32.1. The fourth-order valence-corrected chi connectivity index (χ4v) is 9.95. The van der Waals surface area contributed by atoms with Crippen LogP contribution in [0, 0.1) is 38.5 Å². The third-order valence-electron chi connectivity index (χ3n) is 11.9. The number of ether oxygens (including phenoxy) is 2. The quantitative estimate of drug-likeness (QED) is 0.0900. The number of hydrogen-bond donors (Lipinski definition) is 4. The number of aryl methyl sites for hydroxylation is 4. The molecule has 2 aromatic heterocycles. The van der Waals surface area contributed by atoms with Crippen LogP contribution in [0.25, 0.3) is 0 Å². The van der Waals surface area contributed by atoms with Gasteiger partial charge in [-0.1, -0.05) is 93.5 Å². The summed E-state index contributed by atoms with van der Waals surface area (Å²) in [6, 6.07) is 17.3. The predicted octanol–water partition coefficient (Wildman–Crippen LogP) is 11.5. The first-order valence-corrected chi connectivity index (χ1v) is 22.1.